The molecule has 1 aromatic heterocycles. The molecule has 0 bridgehead atoms. The standard InChI is InChI=1S/C11H19N3O/c1-9(2)11(15)7-14(8-11)6-10-12-4-5-13(10)3/h4-5,9,15H,6-8H2,1-3H3. The third-order valence-corrected chi connectivity index (χ3v) is 3.36. The number of aryl methyl sites for hydroxylation is 1. The normalized spacial score (nSPS) is 20.6. The molecule has 0 atom stereocenters. The number of rotatable bonds is 3. The molecule has 1 fully saturated rings. The number of likely N-dealkylation sites (tertiary alicyclic amines) is 1. The van der Waals surface area contributed by atoms with E-state index >= 15 is 0 Å². The van der Waals surface area contributed by atoms with Crippen molar-refractivity contribution in [1.29, 1.82) is 0 Å². The molecule has 0 aliphatic carbocycles. The van der Waals surface area contributed by atoms with E-state index in [1.54, 1.807) is 0 Å². The first-order valence-corrected chi connectivity index (χ1v) is 5.42. The van der Waals surface area contributed by atoms with Gasteiger partial charge in [-0.2, -0.15) is 0 Å². The van der Waals surface area contributed by atoms with Gasteiger partial charge in [0.05, 0.1) is 12.1 Å². The first kappa shape index (κ1) is 10.6. The highest BCUT2D eigenvalue weighted by atomic mass is 16.3. The summed E-state index contributed by atoms with van der Waals surface area (Å²) < 4.78 is 2.02. The number of aliphatic hydroxyl groups is 1. The third-order valence-electron chi connectivity index (χ3n) is 3.36. The molecule has 0 unspecified atom stereocenters. The molecule has 15 heavy (non-hydrogen) atoms. The summed E-state index contributed by atoms with van der Waals surface area (Å²) in [6, 6.07) is 0. The van der Waals surface area contributed by atoms with Crippen LogP contribution in [0.3, 0.4) is 0 Å². The van der Waals surface area contributed by atoms with E-state index in [0.717, 1.165) is 25.5 Å². The van der Waals surface area contributed by atoms with E-state index in [1.807, 2.05) is 24.0 Å². The third kappa shape index (κ3) is 1.92. The average molecular weight is 209 g/mol. The summed E-state index contributed by atoms with van der Waals surface area (Å²) in [5, 5.41) is 10.1. The summed E-state index contributed by atoms with van der Waals surface area (Å²) in [6.45, 7) is 6.49. The summed E-state index contributed by atoms with van der Waals surface area (Å²) in [7, 11) is 2.00. The molecule has 2 heterocycles. The minimum absolute atomic E-state index is 0.329. The number of aromatic nitrogens is 2. The zero-order chi connectivity index (χ0) is 11.1. The van der Waals surface area contributed by atoms with E-state index in [2.05, 4.69) is 23.7 Å². The Kier molecular flexibility index (Phi) is 2.56. The van der Waals surface area contributed by atoms with Gasteiger partial charge in [0.25, 0.3) is 0 Å². The fourth-order valence-corrected chi connectivity index (χ4v) is 1.95. The van der Waals surface area contributed by atoms with Crippen molar-refractivity contribution in [2.75, 3.05) is 13.1 Å². The number of β-amino-alcohol motifs (C(OH)–C–C–N with tert-alkyl or cyclic N) is 1. The summed E-state index contributed by atoms with van der Waals surface area (Å²) in [4.78, 5) is 6.49. The lowest BCUT2D eigenvalue weighted by molar-refractivity contribution is -0.131. The maximum Gasteiger partial charge on any atom is 0.122 e. The summed E-state index contributed by atoms with van der Waals surface area (Å²) in [6.07, 6.45) is 3.76. The van der Waals surface area contributed by atoms with Gasteiger partial charge in [0.15, 0.2) is 0 Å². The second-order valence-corrected chi connectivity index (χ2v) is 4.86. The van der Waals surface area contributed by atoms with E-state index in [1.165, 1.54) is 0 Å². The molecule has 1 aliphatic heterocycles. The molecule has 1 aliphatic rings. The number of nitrogens with zero attached hydrogens (tertiary/aromatic N) is 3. The molecule has 1 aromatic rings. The number of hydrogen-bond acceptors (Lipinski definition) is 3. The average Bonchev–Trinajstić information content (AvgIpc) is 2.48. The van der Waals surface area contributed by atoms with Gasteiger partial charge in [0, 0.05) is 32.5 Å². The Morgan fingerprint density at radius 1 is 1.53 bits per heavy atom. The highest BCUT2D eigenvalue weighted by Gasteiger charge is 2.43. The lowest BCUT2D eigenvalue weighted by Gasteiger charge is -2.49. The second kappa shape index (κ2) is 3.61. The van der Waals surface area contributed by atoms with Crippen molar-refractivity contribution >= 4 is 0 Å². The van der Waals surface area contributed by atoms with E-state index in [-0.39, 0.29) is 0 Å². The Morgan fingerprint density at radius 2 is 2.20 bits per heavy atom. The van der Waals surface area contributed by atoms with Crippen LogP contribution in [0.5, 0.6) is 0 Å². The van der Waals surface area contributed by atoms with Crippen molar-refractivity contribution in [1.82, 2.24) is 14.5 Å². The minimum Gasteiger partial charge on any atom is -0.387 e. The highest BCUT2D eigenvalue weighted by Crippen LogP contribution is 2.29. The Morgan fingerprint density at radius 3 is 2.67 bits per heavy atom. The van der Waals surface area contributed by atoms with Crippen molar-refractivity contribution in [3.8, 4) is 0 Å². The molecule has 4 nitrogen and oxygen atoms in total. The Bertz CT molecular complexity index is 339. The summed E-state index contributed by atoms with van der Waals surface area (Å²) in [5.74, 6) is 1.39. The van der Waals surface area contributed by atoms with Crippen LogP contribution in [0.25, 0.3) is 0 Å². The van der Waals surface area contributed by atoms with Crippen molar-refractivity contribution in [3.05, 3.63) is 18.2 Å². The van der Waals surface area contributed by atoms with Gasteiger partial charge < -0.3 is 9.67 Å². The van der Waals surface area contributed by atoms with E-state index in [4.69, 9.17) is 0 Å². The van der Waals surface area contributed by atoms with E-state index in [9.17, 15) is 5.11 Å². The van der Waals surface area contributed by atoms with E-state index in [0.29, 0.717) is 5.92 Å². The topological polar surface area (TPSA) is 41.3 Å². The molecule has 0 aromatic carbocycles. The first-order chi connectivity index (χ1) is 7.01. The van der Waals surface area contributed by atoms with Gasteiger partial charge in [-0.3, -0.25) is 4.90 Å². The predicted molar refractivity (Wildman–Crippen MR) is 58.3 cm³/mol. The molecule has 84 valence electrons. The van der Waals surface area contributed by atoms with Crippen LogP contribution < -0.4 is 0 Å². The molecule has 4 heteroatoms. The van der Waals surface area contributed by atoms with Gasteiger partial charge >= 0.3 is 0 Å². The van der Waals surface area contributed by atoms with Gasteiger partial charge in [-0.25, -0.2) is 4.98 Å². The summed E-state index contributed by atoms with van der Waals surface area (Å²) in [5.41, 5.74) is -0.481. The largest absolute Gasteiger partial charge is 0.387 e. The lowest BCUT2D eigenvalue weighted by Crippen LogP contribution is -2.64. The monoisotopic (exact) mass is 209 g/mol. The van der Waals surface area contributed by atoms with Crippen LogP contribution in [0.4, 0.5) is 0 Å². The smallest absolute Gasteiger partial charge is 0.122 e. The minimum atomic E-state index is -0.481. The van der Waals surface area contributed by atoms with Crippen LogP contribution in [0, 0.1) is 5.92 Å². The Balaban J connectivity index is 1.89. The SMILES string of the molecule is CC(C)C1(O)CN(Cc2nccn2C)C1. The van der Waals surface area contributed by atoms with Crippen LogP contribution in [0.15, 0.2) is 12.4 Å². The molecule has 1 N–H and O–H groups in total. The molecular formula is C11H19N3O. The van der Waals surface area contributed by atoms with Crippen molar-refractivity contribution in [2.45, 2.75) is 26.0 Å². The maximum atomic E-state index is 10.1. The van der Waals surface area contributed by atoms with Gasteiger partial charge in [-0.1, -0.05) is 13.8 Å². The lowest BCUT2D eigenvalue weighted by atomic mass is 9.83. The highest BCUT2D eigenvalue weighted by molar-refractivity contribution is 5.01. The summed E-state index contributed by atoms with van der Waals surface area (Å²) >= 11 is 0. The quantitative estimate of drug-likeness (QED) is 0.793. The fourth-order valence-electron chi connectivity index (χ4n) is 1.95. The molecular weight excluding hydrogens is 190 g/mol. The van der Waals surface area contributed by atoms with Crippen LogP contribution in [0.1, 0.15) is 19.7 Å². The van der Waals surface area contributed by atoms with Crippen molar-refractivity contribution in [2.24, 2.45) is 13.0 Å². The van der Waals surface area contributed by atoms with Crippen molar-refractivity contribution in [3.63, 3.8) is 0 Å². The van der Waals surface area contributed by atoms with Crippen LogP contribution in [-0.4, -0.2) is 38.2 Å². The van der Waals surface area contributed by atoms with Gasteiger partial charge in [-0.05, 0) is 5.92 Å². The molecule has 0 spiro atoms. The van der Waals surface area contributed by atoms with Crippen LogP contribution in [0.2, 0.25) is 0 Å². The predicted octanol–water partition coefficient (Wildman–Crippen LogP) is 0.623. The zero-order valence-corrected chi connectivity index (χ0v) is 9.64. The molecule has 0 saturated carbocycles. The molecule has 1 saturated heterocycles. The molecule has 0 radical (unpaired) electrons. The molecule has 0 amide bonds. The van der Waals surface area contributed by atoms with Gasteiger partial charge in [0.1, 0.15) is 5.82 Å². The number of hydrogen-bond donors (Lipinski definition) is 1. The van der Waals surface area contributed by atoms with Crippen LogP contribution >= 0.6 is 0 Å². The second-order valence-electron chi connectivity index (χ2n) is 4.86. The zero-order valence-electron chi connectivity index (χ0n) is 9.64. The first-order valence-electron chi connectivity index (χ1n) is 5.42. The van der Waals surface area contributed by atoms with Crippen LogP contribution in [-0.2, 0) is 13.6 Å². The van der Waals surface area contributed by atoms with Gasteiger partial charge in [-0.15, -0.1) is 0 Å². The Labute approximate surface area is 90.5 Å². The number of imidazole rings is 1. The van der Waals surface area contributed by atoms with E-state index < -0.39 is 5.60 Å². The van der Waals surface area contributed by atoms with Crippen molar-refractivity contribution < 1.29 is 5.11 Å². The Hall–Kier alpha value is -0.870. The molecule has 2 rings (SSSR count). The fraction of sp³-hybridized carbons (Fsp3) is 0.727. The van der Waals surface area contributed by atoms with Gasteiger partial charge in [0.2, 0.25) is 0 Å². The maximum absolute atomic E-state index is 10.1.